The molecule has 0 aromatic carbocycles. The average molecular weight is 298 g/mol. The molecule has 124 valence electrons. The number of carbonyl (C=O) groups is 1. The maximum atomic E-state index is 11.5. The standard InChI is InChI=1S/C16H34N4O/c1-6-7-8-9-10-14(4)20-16(17-5)18-12-11-15(21)19-13(2)3/h13-14H,6-12H2,1-5H3,(H,19,21)(H2,17,18,20). The molecule has 0 saturated heterocycles. The summed E-state index contributed by atoms with van der Waals surface area (Å²) in [6.07, 6.45) is 6.73. The molecule has 0 saturated carbocycles. The smallest absolute Gasteiger partial charge is 0.221 e. The molecule has 3 N–H and O–H groups in total. The molecule has 0 heterocycles. The number of amides is 1. The van der Waals surface area contributed by atoms with E-state index in [2.05, 4.69) is 34.8 Å². The highest BCUT2D eigenvalue weighted by Crippen LogP contribution is 2.04. The fraction of sp³-hybridized carbons (Fsp3) is 0.875. The summed E-state index contributed by atoms with van der Waals surface area (Å²) < 4.78 is 0. The SMILES string of the molecule is CCCCCCC(C)NC(=NC)NCCC(=O)NC(C)C. The van der Waals surface area contributed by atoms with E-state index in [0.29, 0.717) is 19.0 Å². The lowest BCUT2D eigenvalue weighted by molar-refractivity contribution is -0.121. The van der Waals surface area contributed by atoms with Gasteiger partial charge in [-0.2, -0.15) is 0 Å². The van der Waals surface area contributed by atoms with Gasteiger partial charge in [0.15, 0.2) is 5.96 Å². The minimum Gasteiger partial charge on any atom is -0.356 e. The lowest BCUT2D eigenvalue weighted by Gasteiger charge is -2.18. The Balaban J connectivity index is 3.82. The molecule has 5 heteroatoms. The Morgan fingerprint density at radius 3 is 2.38 bits per heavy atom. The normalized spacial score (nSPS) is 13.1. The zero-order valence-corrected chi connectivity index (χ0v) is 14.5. The summed E-state index contributed by atoms with van der Waals surface area (Å²) in [5.74, 6) is 0.843. The number of aliphatic imine (C=N–C) groups is 1. The van der Waals surface area contributed by atoms with Gasteiger partial charge in [0, 0.05) is 32.1 Å². The Morgan fingerprint density at radius 1 is 1.10 bits per heavy atom. The van der Waals surface area contributed by atoms with Crippen LogP contribution in [0.4, 0.5) is 0 Å². The Hall–Kier alpha value is -1.26. The van der Waals surface area contributed by atoms with Crippen molar-refractivity contribution in [2.75, 3.05) is 13.6 Å². The predicted molar refractivity (Wildman–Crippen MR) is 90.6 cm³/mol. The van der Waals surface area contributed by atoms with Crippen LogP contribution in [0.1, 0.15) is 66.2 Å². The van der Waals surface area contributed by atoms with Crippen molar-refractivity contribution in [1.82, 2.24) is 16.0 Å². The molecule has 0 bridgehead atoms. The van der Waals surface area contributed by atoms with E-state index in [-0.39, 0.29) is 11.9 Å². The highest BCUT2D eigenvalue weighted by molar-refractivity contribution is 5.81. The van der Waals surface area contributed by atoms with Gasteiger partial charge in [0.1, 0.15) is 0 Å². The van der Waals surface area contributed by atoms with Gasteiger partial charge in [0.2, 0.25) is 5.91 Å². The molecule has 0 rings (SSSR count). The number of unbranched alkanes of at least 4 members (excludes halogenated alkanes) is 3. The third kappa shape index (κ3) is 12.2. The largest absolute Gasteiger partial charge is 0.356 e. The van der Waals surface area contributed by atoms with E-state index in [1.165, 1.54) is 25.7 Å². The van der Waals surface area contributed by atoms with E-state index < -0.39 is 0 Å². The predicted octanol–water partition coefficient (Wildman–Crippen LogP) is 2.42. The lowest BCUT2D eigenvalue weighted by atomic mass is 10.1. The quantitative estimate of drug-likeness (QED) is 0.330. The van der Waals surface area contributed by atoms with E-state index in [0.717, 1.165) is 12.4 Å². The molecule has 1 atom stereocenters. The Kier molecular flexibility index (Phi) is 11.7. The van der Waals surface area contributed by atoms with Crippen LogP contribution in [0.2, 0.25) is 0 Å². The first-order valence-corrected chi connectivity index (χ1v) is 8.26. The van der Waals surface area contributed by atoms with Crippen molar-refractivity contribution < 1.29 is 4.79 Å². The minimum atomic E-state index is 0.0700. The molecule has 0 fully saturated rings. The fourth-order valence-electron chi connectivity index (χ4n) is 2.07. The number of nitrogens with zero attached hydrogens (tertiary/aromatic N) is 1. The van der Waals surface area contributed by atoms with Crippen molar-refractivity contribution in [3.8, 4) is 0 Å². The number of rotatable bonds is 10. The van der Waals surface area contributed by atoms with E-state index >= 15 is 0 Å². The van der Waals surface area contributed by atoms with Crippen LogP contribution < -0.4 is 16.0 Å². The first-order chi connectivity index (χ1) is 9.99. The molecule has 1 amide bonds. The molecule has 0 radical (unpaired) electrons. The van der Waals surface area contributed by atoms with Crippen molar-refractivity contribution in [1.29, 1.82) is 0 Å². The van der Waals surface area contributed by atoms with Crippen LogP contribution in [0, 0.1) is 0 Å². The number of nitrogens with one attached hydrogen (secondary N) is 3. The van der Waals surface area contributed by atoms with Gasteiger partial charge in [0.05, 0.1) is 0 Å². The molecule has 0 aliphatic rings. The van der Waals surface area contributed by atoms with Crippen LogP contribution in [0.5, 0.6) is 0 Å². The summed E-state index contributed by atoms with van der Waals surface area (Å²) in [4.78, 5) is 15.7. The summed E-state index contributed by atoms with van der Waals surface area (Å²) in [5.41, 5.74) is 0. The van der Waals surface area contributed by atoms with Crippen molar-refractivity contribution in [2.24, 2.45) is 4.99 Å². The fourth-order valence-corrected chi connectivity index (χ4v) is 2.07. The third-order valence-corrected chi connectivity index (χ3v) is 3.19. The van der Waals surface area contributed by atoms with E-state index in [4.69, 9.17) is 0 Å². The molecule has 0 aromatic heterocycles. The minimum absolute atomic E-state index is 0.0700. The third-order valence-electron chi connectivity index (χ3n) is 3.19. The molecular weight excluding hydrogens is 264 g/mol. The Labute approximate surface area is 130 Å². The second-order valence-corrected chi connectivity index (χ2v) is 5.87. The van der Waals surface area contributed by atoms with Crippen molar-refractivity contribution >= 4 is 11.9 Å². The van der Waals surface area contributed by atoms with Crippen LogP contribution in [-0.4, -0.2) is 37.5 Å². The van der Waals surface area contributed by atoms with Gasteiger partial charge in [-0.25, -0.2) is 0 Å². The van der Waals surface area contributed by atoms with Gasteiger partial charge < -0.3 is 16.0 Å². The van der Waals surface area contributed by atoms with Crippen molar-refractivity contribution in [3.05, 3.63) is 0 Å². The summed E-state index contributed by atoms with van der Waals surface area (Å²) in [6, 6.07) is 0.593. The highest BCUT2D eigenvalue weighted by Gasteiger charge is 2.06. The molecule has 5 nitrogen and oxygen atoms in total. The Bertz CT molecular complexity index is 303. The maximum absolute atomic E-state index is 11.5. The number of guanidine groups is 1. The Morgan fingerprint density at radius 2 is 1.81 bits per heavy atom. The summed E-state index contributed by atoms with van der Waals surface area (Å²) >= 11 is 0. The average Bonchev–Trinajstić information content (AvgIpc) is 2.41. The molecule has 0 spiro atoms. The van der Waals surface area contributed by atoms with Gasteiger partial charge in [0.25, 0.3) is 0 Å². The van der Waals surface area contributed by atoms with Gasteiger partial charge >= 0.3 is 0 Å². The van der Waals surface area contributed by atoms with E-state index in [9.17, 15) is 4.79 Å². The zero-order chi connectivity index (χ0) is 16.1. The monoisotopic (exact) mass is 298 g/mol. The van der Waals surface area contributed by atoms with Crippen LogP contribution in [0.25, 0.3) is 0 Å². The molecule has 1 unspecified atom stereocenters. The summed E-state index contributed by atoms with van der Waals surface area (Å²) in [7, 11) is 1.76. The number of carbonyl (C=O) groups excluding carboxylic acids is 1. The zero-order valence-electron chi connectivity index (χ0n) is 14.5. The van der Waals surface area contributed by atoms with Gasteiger partial charge in [-0.05, 0) is 27.2 Å². The van der Waals surface area contributed by atoms with Crippen molar-refractivity contribution in [2.45, 2.75) is 78.3 Å². The first-order valence-electron chi connectivity index (χ1n) is 8.26. The molecule has 21 heavy (non-hydrogen) atoms. The molecular formula is C16H34N4O. The maximum Gasteiger partial charge on any atom is 0.221 e. The summed E-state index contributed by atoms with van der Waals surface area (Å²) in [5, 5.41) is 9.43. The topological polar surface area (TPSA) is 65.5 Å². The second-order valence-electron chi connectivity index (χ2n) is 5.87. The van der Waals surface area contributed by atoms with E-state index in [1.54, 1.807) is 7.05 Å². The van der Waals surface area contributed by atoms with Crippen LogP contribution >= 0.6 is 0 Å². The van der Waals surface area contributed by atoms with Gasteiger partial charge in [-0.1, -0.05) is 32.6 Å². The van der Waals surface area contributed by atoms with Crippen LogP contribution in [0.15, 0.2) is 4.99 Å². The lowest BCUT2D eigenvalue weighted by Crippen LogP contribution is -2.43. The molecule has 0 aromatic rings. The van der Waals surface area contributed by atoms with Gasteiger partial charge in [-0.3, -0.25) is 9.79 Å². The van der Waals surface area contributed by atoms with Crippen molar-refractivity contribution in [3.63, 3.8) is 0 Å². The molecule has 0 aliphatic heterocycles. The number of hydrogen-bond acceptors (Lipinski definition) is 2. The van der Waals surface area contributed by atoms with Gasteiger partial charge in [-0.15, -0.1) is 0 Å². The second kappa shape index (κ2) is 12.5. The molecule has 0 aliphatic carbocycles. The number of hydrogen-bond donors (Lipinski definition) is 3. The van der Waals surface area contributed by atoms with E-state index in [1.807, 2.05) is 13.8 Å². The summed E-state index contributed by atoms with van der Waals surface area (Å²) in [6.45, 7) is 8.92. The first kappa shape index (κ1) is 19.7. The highest BCUT2D eigenvalue weighted by atomic mass is 16.1. The van der Waals surface area contributed by atoms with Crippen LogP contribution in [0.3, 0.4) is 0 Å². The van der Waals surface area contributed by atoms with Crippen LogP contribution in [-0.2, 0) is 4.79 Å².